The van der Waals surface area contributed by atoms with Crippen LogP contribution in [0, 0.1) is 6.92 Å². The van der Waals surface area contributed by atoms with Crippen LogP contribution in [-0.4, -0.2) is 50.4 Å². The summed E-state index contributed by atoms with van der Waals surface area (Å²) in [7, 11) is 4.69. The van der Waals surface area contributed by atoms with Crippen molar-refractivity contribution < 1.29 is 28.8 Å². The zero-order valence-corrected chi connectivity index (χ0v) is 21.8. The van der Waals surface area contributed by atoms with Crippen molar-refractivity contribution in [1.82, 2.24) is 4.98 Å². The number of aliphatic hydroxyl groups is 1. The second kappa shape index (κ2) is 11.5. The van der Waals surface area contributed by atoms with Crippen LogP contribution in [0.3, 0.4) is 0 Å². The predicted molar refractivity (Wildman–Crippen MR) is 144 cm³/mol. The molecule has 0 spiro atoms. The number of halogens is 1. The van der Waals surface area contributed by atoms with E-state index in [0.717, 1.165) is 22.2 Å². The van der Waals surface area contributed by atoms with Crippen molar-refractivity contribution >= 4 is 34.0 Å². The SMILES string of the molecule is COc1cc(NC(C(=O)c2c[nH]c3cc(OC)c(C)cc23)c2ccc(Cl)cc2OC)cc(OCCO)c1. The van der Waals surface area contributed by atoms with Crippen LogP contribution in [0.2, 0.25) is 5.02 Å². The Hall–Kier alpha value is -3.88. The maximum absolute atomic E-state index is 14.2. The van der Waals surface area contributed by atoms with Gasteiger partial charge in [-0.15, -0.1) is 0 Å². The van der Waals surface area contributed by atoms with Gasteiger partial charge in [-0.25, -0.2) is 0 Å². The number of anilines is 1. The summed E-state index contributed by atoms with van der Waals surface area (Å²) in [6.45, 7) is 1.92. The molecule has 9 heteroatoms. The van der Waals surface area contributed by atoms with E-state index in [2.05, 4.69) is 10.3 Å². The monoisotopic (exact) mass is 524 g/mol. The van der Waals surface area contributed by atoms with Crippen molar-refractivity contribution in [2.75, 3.05) is 39.9 Å². The Balaban J connectivity index is 1.82. The number of rotatable bonds is 11. The molecule has 0 bridgehead atoms. The first-order chi connectivity index (χ1) is 17.9. The number of ether oxygens (including phenoxy) is 4. The quantitative estimate of drug-likeness (QED) is 0.221. The Morgan fingerprint density at radius 3 is 2.46 bits per heavy atom. The molecule has 4 aromatic rings. The highest BCUT2D eigenvalue weighted by Crippen LogP contribution is 2.37. The molecule has 1 atom stereocenters. The third-order valence-electron chi connectivity index (χ3n) is 6.02. The van der Waals surface area contributed by atoms with E-state index in [9.17, 15) is 4.79 Å². The number of methoxy groups -OCH3 is 3. The summed E-state index contributed by atoms with van der Waals surface area (Å²) >= 11 is 6.22. The molecule has 0 aliphatic carbocycles. The van der Waals surface area contributed by atoms with Crippen LogP contribution >= 0.6 is 11.6 Å². The molecular weight excluding hydrogens is 496 g/mol. The van der Waals surface area contributed by atoms with Gasteiger partial charge in [-0.05, 0) is 30.7 Å². The standard InChI is InChI=1S/C28H29ClN2O6/c1-16-9-22-23(15-30-24(22)14-25(16)35-3)28(33)27(21-6-5-17(29)10-26(21)36-4)31-18-11-19(34-2)13-20(12-18)37-8-7-32/h5-6,9-15,27,30-32H,7-8H2,1-4H3. The predicted octanol–water partition coefficient (Wildman–Crippen LogP) is 5.56. The number of aromatic nitrogens is 1. The summed E-state index contributed by atoms with van der Waals surface area (Å²) in [5.74, 6) is 2.03. The lowest BCUT2D eigenvalue weighted by atomic mass is 9.95. The fourth-order valence-electron chi connectivity index (χ4n) is 4.23. The van der Waals surface area contributed by atoms with Gasteiger partial charge < -0.3 is 34.4 Å². The molecule has 0 radical (unpaired) electrons. The lowest BCUT2D eigenvalue weighted by molar-refractivity contribution is 0.0970. The number of ketones is 1. The number of aliphatic hydroxyl groups excluding tert-OH is 1. The van der Waals surface area contributed by atoms with Gasteiger partial charge in [-0.3, -0.25) is 4.79 Å². The normalized spacial score (nSPS) is 11.7. The smallest absolute Gasteiger partial charge is 0.191 e. The Labute approximate surface area is 220 Å². The number of H-pyrrole nitrogens is 1. The van der Waals surface area contributed by atoms with Crippen LogP contribution in [0.15, 0.2) is 54.7 Å². The van der Waals surface area contributed by atoms with Crippen molar-refractivity contribution in [3.8, 4) is 23.0 Å². The molecule has 3 aromatic carbocycles. The van der Waals surface area contributed by atoms with Gasteiger partial charge in [0.25, 0.3) is 0 Å². The maximum atomic E-state index is 14.2. The molecule has 0 amide bonds. The number of nitrogens with one attached hydrogen (secondary N) is 2. The van der Waals surface area contributed by atoms with Crippen molar-refractivity contribution in [3.63, 3.8) is 0 Å². The zero-order valence-electron chi connectivity index (χ0n) is 21.1. The van der Waals surface area contributed by atoms with E-state index < -0.39 is 6.04 Å². The molecule has 37 heavy (non-hydrogen) atoms. The third kappa shape index (κ3) is 5.60. The van der Waals surface area contributed by atoms with E-state index in [4.69, 9.17) is 35.7 Å². The number of aryl methyl sites for hydroxylation is 1. The van der Waals surface area contributed by atoms with Crippen LogP contribution in [0.1, 0.15) is 27.5 Å². The first kappa shape index (κ1) is 26.2. The molecule has 0 aliphatic rings. The van der Waals surface area contributed by atoms with Gasteiger partial charge in [0, 0.05) is 63.2 Å². The van der Waals surface area contributed by atoms with Gasteiger partial charge >= 0.3 is 0 Å². The zero-order chi connectivity index (χ0) is 26.5. The van der Waals surface area contributed by atoms with Crippen molar-refractivity contribution in [2.45, 2.75) is 13.0 Å². The summed E-state index contributed by atoms with van der Waals surface area (Å²) in [6.07, 6.45) is 1.70. The minimum absolute atomic E-state index is 0.123. The molecular formula is C28H29ClN2O6. The molecule has 0 aliphatic heterocycles. The lowest BCUT2D eigenvalue weighted by Gasteiger charge is -2.22. The van der Waals surface area contributed by atoms with Gasteiger partial charge in [0.05, 0.1) is 27.9 Å². The number of hydrogen-bond acceptors (Lipinski definition) is 7. The first-order valence-corrected chi connectivity index (χ1v) is 12.0. The number of aromatic amines is 1. The highest BCUT2D eigenvalue weighted by atomic mass is 35.5. The van der Waals surface area contributed by atoms with Crippen molar-refractivity contribution in [3.05, 3.63) is 76.4 Å². The van der Waals surface area contributed by atoms with Crippen LogP contribution in [-0.2, 0) is 0 Å². The highest BCUT2D eigenvalue weighted by Gasteiger charge is 2.28. The van der Waals surface area contributed by atoms with Gasteiger partial charge in [-0.1, -0.05) is 17.7 Å². The van der Waals surface area contributed by atoms with Crippen LogP contribution < -0.4 is 24.3 Å². The Bertz CT molecular complexity index is 1420. The van der Waals surface area contributed by atoms with Crippen LogP contribution in [0.5, 0.6) is 23.0 Å². The molecule has 3 N–H and O–H groups in total. The summed E-state index contributed by atoms with van der Waals surface area (Å²) in [6, 6.07) is 13.3. The molecule has 1 heterocycles. The average Bonchev–Trinajstić information content (AvgIpc) is 3.32. The van der Waals surface area contributed by atoms with Gasteiger partial charge in [-0.2, -0.15) is 0 Å². The fraction of sp³-hybridized carbons (Fsp3) is 0.250. The first-order valence-electron chi connectivity index (χ1n) is 11.6. The van der Waals surface area contributed by atoms with Gasteiger partial charge in [0.15, 0.2) is 5.78 Å². The van der Waals surface area contributed by atoms with E-state index >= 15 is 0 Å². The Kier molecular flexibility index (Phi) is 8.11. The van der Waals surface area contributed by atoms with E-state index in [-0.39, 0.29) is 19.0 Å². The molecule has 1 unspecified atom stereocenters. The molecule has 0 fully saturated rings. The number of carbonyl (C=O) groups is 1. The minimum atomic E-state index is -0.841. The number of benzene rings is 3. The summed E-state index contributed by atoms with van der Waals surface area (Å²) in [5, 5.41) is 13.8. The molecule has 0 saturated carbocycles. The second-order valence-corrected chi connectivity index (χ2v) is 8.80. The largest absolute Gasteiger partial charge is 0.497 e. The molecule has 0 saturated heterocycles. The molecule has 8 nitrogen and oxygen atoms in total. The lowest BCUT2D eigenvalue weighted by Crippen LogP contribution is -2.22. The maximum Gasteiger partial charge on any atom is 0.191 e. The van der Waals surface area contributed by atoms with Gasteiger partial charge in [0.1, 0.15) is 35.6 Å². The number of hydrogen-bond donors (Lipinski definition) is 3. The van der Waals surface area contributed by atoms with Crippen molar-refractivity contribution in [2.24, 2.45) is 0 Å². The number of carbonyl (C=O) groups excluding carboxylic acids is 1. The van der Waals surface area contributed by atoms with Crippen LogP contribution in [0.25, 0.3) is 10.9 Å². The number of fused-ring (bicyclic) bond motifs is 1. The highest BCUT2D eigenvalue weighted by molar-refractivity contribution is 6.30. The van der Waals surface area contributed by atoms with Crippen LogP contribution in [0.4, 0.5) is 5.69 Å². The summed E-state index contributed by atoms with van der Waals surface area (Å²) in [5.41, 5.74) is 3.40. The topological polar surface area (TPSA) is 102 Å². The molecule has 1 aromatic heterocycles. The minimum Gasteiger partial charge on any atom is -0.497 e. The molecule has 194 valence electrons. The van der Waals surface area contributed by atoms with E-state index in [1.165, 1.54) is 7.11 Å². The summed E-state index contributed by atoms with van der Waals surface area (Å²) < 4.78 is 22.0. The van der Waals surface area contributed by atoms with E-state index in [1.807, 2.05) is 19.1 Å². The van der Waals surface area contributed by atoms with Gasteiger partial charge in [0.2, 0.25) is 0 Å². The van der Waals surface area contributed by atoms with E-state index in [1.54, 1.807) is 56.8 Å². The fourth-order valence-corrected chi connectivity index (χ4v) is 4.39. The molecule has 4 rings (SSSR count). The van der Waals surface area contributed by atoms with Crippen molar-refractivity contribution in [1.29, 1.82) is 0 Å². The number of Topliss-reactive ketones (excluding diaryl/α,β-unsaturated/α-hetero) is 1. The van der Waals surface area contributed by atoms with E-state index in [0.29, 0.717) is 39.1 Å². The summed E-state index contributed by atoms with van der Waals surface area (Å²) in [4.78, 5) is 17.3. The Morgan fingerprint density at radius 2 is 1.76 bits per heavy atom. The second-order valence-electron chi connectivity index (χ2n) is 8.37. The average molecular weight is 525 g/mol. The third-order valence-corrected chi connectivity index (χ3v) is 6.25. The Morgan fingerprint density at radius 1 is 1.00 bits per heavy atom.